The molecule has 3 aromatic carbocycles. The van der Waals surface area contributed by atoms with Crippen molar-refractivity contribution in [2.75, 3.05) is 13.1 Å². The van der Waals surface area contributed by atoms with Crippen LogP contribution < -0.4 is 5.32 Å². The Labute approximate surface area is 181 Å². The molecule has 1 heterocycles. The minimum absolute atomic E-state index is 0.0604. The van der Waals surface area contributed by atoms with E-state index in [1.165, 1.54) is 12.1 Å². The summed E-state index contributed by atoms with van der Waals surface area (Å²) in [6.45, 7) is 3.16. The van der Waals surface area contributed by atoms with Crippen LogP contribution in [0.2, 0.25) is 0 Å². The first-order valence-corrected chi connectivity index (χ1v) is 10.4. The molecule has 1 N–H and O–H groups in total. The van der Waals surface area contributed by atoms with Crippen LogP contribution in [-0.4, -0.2) is 29.8 Å². The summed E-state index contributed by atoms with van der Waals surface area (Å²) in [5.74, 6) is -0.895. The van der Waals surface area contributed by atoms with Gasteiger partial charge in [0.25, 0.3) is 5.91 Å². The Kier molecular flexibility index (Phi) is 6.12. The molecule has 1 aliphatic heterocycles. The van der Waals surface area contributed by atoms with Crippen LogP contribution in [0.3, 0.4) is 0 Å². The van der Waals surface area contributed by atoms with Crippen molar-refractivity contribution >= 4 is 11.8 Å². The molecule has 1 aliphatic rings. The van der Waals surface area contributed by atoms with Gasteiger partial charge in [0.05, 0.1) is 5.92 Å². The van der Waals surface area contributed by atoms with Crippen molar-refractivity contribution in [1.29, 1.82) is 0 Å². The summed E-state index contributed by atoms with van der Waals surface area (Å²) in [5, 5.41) is 2.97. The summed E-state index contributed by atoms with van der Waals surface area (Å²) in [7, 11) is 0. The zero-order valence-electron chi connectivity index (χ0n) is 17.4. The van der Waals surface area contributed by atoms with Gasteiger partial charge in [-0.05, 0) is 42.3 Å². The van der Waals surface area contributed by atoms with Crippen LogP contribution in [0.1, 0.15) is 33.0 Å². The van der Waals surface area contributed by atoms with Crippen molar-refractivity contribution in [2.45, 2.75) is 19.4 Å². The maximum absolute atomic E-state index is 13.1. The maximum Gasteiger partial charge on any atom is 0.253 e. The fraction of sp³-hybridized carbons (Fsp3) is 0.231. The van der Waals surface area contributed by atoms with Crippen LogP contribution in [-0.2, 0) is 11.3 Å². The van der Waals surface area contributed by atoms with Gasteiger partial charge in [0.2, 0.25) is 5.91 Å². The predicted octanol–water partition coefficient (Wildman–Crippen LogP) is 4.31. The Hall–Kier alpha value is -3.47. The number of benzene rings is 3. The molecule has 0 unspecified atom stereocenters. The lowest BCUT2D eigenvalue weighted by atomic mass is 9.88. The molecule has 0 aliphatic carbocycles. The van der Waals surface area contributed by atoms with Crippen LogP contribution >= 0.6 is 0 Å². The van der Waals surface area contributed by atoms with Crippen LogP contribution in [0.5, 0.6) is 0 Å². The molecule has 0 aromatic heterocycles. The first kappa shape index (κ1) is 20.8. The quantitative estimate of drug-likeness (QED) is 0.674. The van der Waals surface area contributed by atoms with E-state index in [2.05, 4.69) is 5.32 Å². The maximum atomic E-state index is 13.1. The Bertz CT molecular complexity index is 1050. The number of likely N-dealkylation sites (tertiary alicyclic amines) is 1. The van der Waals surface area contributed by atoms with Gasteiger partial charge in [-0.15, -0.1) is 0 Å². The van der Waals surface area contributed by atoms with E-state index in [0.717, 1.165) is 16.7 Å². The van der Waals surface area contributed by atoms with Crippen molar-refractivity contribution in [3.8, 4) is 0 Å². The summed E-state index contributed by atoms with van der Waals surface area (Å²) in [5.41, 5.74) is 3.60. The third-order valence-corrected chi connectivity index (χ3v) is 5.85. The summed E-state index contributed by atoms with van der Waals surface area (Å²) in [6, 6.07) is 23.4. The molecule has 1 fully saturated rings. The molecule has 0 saturated carbocycles. The van der Waals surface area contributed by atoms with Crippen LogP contribution in [0.25, 0.3) is 0 Å². The van der Waals surface area contributed by atoms with Gasteiger partial charge in [0, 0.05) is 31.1 Å². The molecular formula is C26H25FN2O2. The molecule has 31 heavy (non-hydrogen) atoms. The van der Waals surface area contributed by atoms with E-state index in [4.69, 9.17) is 0 Å². The largest absolute Gasteiger partial charge is 0.352 e. The molecule has 2 atom stereocenters. The highest BCUT2D eigenvalue weighted by molar-refractivity contribution is 5.95. The van der Waals surface area contributed by atoms with Gasteiger partial charge in [-0.1, -0.05) is 60.2 Å². The average Bonchev–Trinajstić information content (AvgIpc) is 3.25. The fourth-order valence-corrected chi connectivity index (χ4v) is 4.07. The number of halogens is 1. The number of hydrogen-bond donors (Lipinski definition) is 1. The lowest BCUT2D eigenvalue weighted by Crippen LogP contribution is -2.35. The van der Waals surface area contributed by atoms with Crippen LogP contribution in [0.15, 0.2) is 78.9 Å². The molecule has 0 radical (unpaired) electrons. The van der Waals surface area contributed by atoms with E-state index < -0.39 is 0 Å². The zero-order valence-corrected chi connectivity index (χ0v) is 17.4. The van der Waals surface area contributed by atoms with Gasteiger partial charge in [-0.25, -0.2) is 4.39 Å². The van der Waals surface area contributed by atoms with Crippen molar-refractivity contribution in [2.24, 2.45) is 5.92 Å². The molecule has 1 saturated heterocycles. The Balaban J connectivity index is 1.51. The molecule has 158 valence electrons. The lowest BCUT2D eigenvalue weighted by molar-refractivity contribution is -0.125. The molecule has 4 nitrogen and oxygen atoms in total. The third kappa shape index (κ3) is 4.82. The summed E-state index contributed by atoms with van der Waals surface area (Å²) >= 11 is 0. The van der Waals surface area contributed by atoms with Crippen LogP contribution in [0, 0.1) is 18.7 Å². The molecule has 4 rings (SSSR count). The number of aryl methyl sites for hydroxylation is 1. The smallest absolute Gasteiger partial charge is 0.253 e. The van der Waals surface area contributed by atoms with E-state index in [1.54, 1.807) is 17.0 Å². The number of hydrogen-bond acceptors (Lipinski definition) is 2. The van der Waals surface area contributed by atoms with Crippen molar-refractivity contribution in [3.05, 3.63) is 107 Å². The van der Waals surface area contributed by atoms with E-state index >= 15 is 0 Å². The lowest BCUT2D eigenvalue weighted by Gasteiger charge is -2.18. The highest BCUT2D eigenvalue weighted by Crippen LogP contribution is 2.33. The zero-order chi connectivity index (χ0) is 21.8. The summed E-state index contributed by atoms with van der Waals surface area (Å²) in [6.07, 6.45) is 0. The SMILES string of the molecule is Cc1ccc(C(=O)N2C[C@H](C(=O)NCc3ccc(F)cc3)[C@@H](c3ccccc3)C2)cc1. The molecular weight excluding hydrogens is 391 g/mol. The Morgan fingerprint density at radius 2 is 1.61 bits per heavy atom. The van der Waals surface area contributed by atoms with Gasteiger partial charge in [-0.3, -0.25) is 9.59 Å². The standard InChI is InChI=1S/C26H25FN2O2/c1-18-7-11-21(12-8-18)26(31)29-16-23(20-5-3-2-4-6-20)24(17-29)25(30)28-15-19-9-13-22(27)14-10-19/h2-14,23-24H,15-17H2,1H3,(H,28,30)/t23-,24+/m1/s1. The topological polar surface area (TPSA) is 49.4 Å². The van der Waals surface area contributed by atoms with E-state index in [9.17, 15) is 14.0 Å². The molecule has 0 bridgehead atoms. The fourth-order valence-electron chi connectivity index (χ4n) is 4.07. The second-order valence-electron chi connectivity index (χ2n) is 8.04. The first-order chi connectivity index (χ1) is 15.0. The van der Waals surface area contributed by atoms with E-state index in [1.807, 2.05) is 61.5 Å². The number of carbonyl (C=O) groups is 2. The Morgan fingerprint density at radius 3 is 2.29 bits per heavy atom. The minimum Gasteiger partial charge on any atom is -0.352 e. The number of carbonyl (C=O) groups excluding carboxylic acids is 2. The summed E-state index contributed by atoms with van der Waals surface area (Å²) < 4.78 is 13.1. The monoisotopic (exact) mass is 416 g/mol. The number of rotatable bonds is 5. The molecule has 3 aromatic rings. The van der Waals surface area contributed by atoms with E-state index in [-0.39, 0.29) is 29.5 Å². The molecule has 0 spiro atoms. The van der Waals surface area contributed by atoms with Gasteiger partial charge in [-0.2, -0.15) is 0 Å². The van der Waals surface area contributed by atoms with E-state index in [0.29, 0.717) is 25.2 Å². The average molecular weight is 416 g/mol. The highest BCUT2D eigenvalue weighted by Gasteiger charge is 2.40. The van der Waals surface area contributed by atoms with Crippen molar-refractivity contribution in [1.82, 2.24) is 10.2 Å². The first-order valence-electron chi connectivity index (χ1n) is 10.4. The highest BCUT2D eigenvalue weighted by atomic mass is 19.1. The van der Waals surface area contributed by atoms with Gasteiger partial charge >= 0.3 is 0 Å². The van der Waals surface area contributed by atoms with Crippen molar-refractivity contribution in [3.63, 3.8) is 0 Å². The third-order valence-electron chi connectivity index (χ3n) is 5.85. The minimum atomic E-state index is -0.350. The number of nitrogens with one attached hydrogen (secondary N) is 1. The summed E-state index contributed by atoms with van der Waals surface area (Å²) in [4.78, 5) is 27.9. The van der Waals surface area contributed by atoms with Crippen molar-refractivity contribution < 1.29 is 14.0 Å². The predicted molar refractivity (Wildman–Crippen MR) is 118 cm³/mol. The normalized spacial score (nSPS) is 18.1. The van der Waals surface area contributed by atoms with Crippen LogP contribution in [0.4, 0.5) is 4.39 Å². The second-order valence-corrected chi connectivity index (χ2v) is 8.04. The van der Waals surface area contributed by atoms with Gasteiger partial charge < -0.3 is 10.2 Å². The second kappa shape index (κ2) is 9.13. The molecule has 2 amide bonds. The molecule has 5 heteroatoms. The van der Waals surface area contributed by atoms with Gasteiger partial charge in [0.1, 0.15) is 5.82 Å². The number of nitrogens with zero attached hydrogens (tertiary/aromatic N) is 1. The van der Waals surface area contributed by atoms with Gasteiger partial charge in [0.15, 0.2) is 0 Å². The number of amides is 2. The Morgan fingerprint density at radius 1 is 0.935 bits per heavy atom.